The van der Waals surface area contributed by atoms with Crippen molar-refractivity contribution >= 4 is 5.78 Å². The molecule has 3 nitrogen and oxygen atoms in total. The number of ketones is 1. The summed E-state index contributed by atoms with van der Waals surface area (Å²) < 4.78 is 5.87. The molecule has 1 heterocycles. The summed E-state index contributed by atoms with van der Waals surface area (Å²) in [6.45, 7) is 5.88. The van der Waals surface area contributed by atoms with Crippen LogP contribution in [0, 0.1) is 6.92 Å². The number of rotatable bonds is 3. The quantitative estimate of drug-likeness (QED) is 0.865. The van der Waals surface area contributed by atoms with Gasteiger partial charge in [0, 0.05) is 19.5 Å². The van der Waals surface area contributed by atoms with Crippen molar-refractivity contribution in [1.29, 1.82) is 0 Å². The van der Waals surface area contributed by atoms with E-state index in [1.807, 2.05) is 38.1 Å². The van der Waals surface area contributed by atoms with Crippen LogP contribution in [0.3, 0.4) is 0 Å². The summed E-state index contributed by atoms with van der Waals surface area (Å²) in [7, 11) is 0. The number of Topliss-reactive ketones (excluding diaryl/α,β-unsaturated/α-hetero) is 1. The van der Waals surface area contributed by atoms with Gasteiger partial charge in [-0.05, 0) is 18.1 Å². The molecular formula is C14H19NO2. The third-order valence-electron chi connectivity index (χ3n) is 3.35. The summed E-state index contributed by atoms with van der Waals surface area (Å²) in [5, 5.41) is 3.27. The smallest absolute Gasteiger partial charge is 0.170 e. The van der Waals surface area contributed by atoms with Gasteiger partial charge in [-0.2, -0.15) is 0 Å². The molecule has 0 amide bonds. The second-order valence-electron chi connectivity index (χ2n) is 4.44. The van der Waals surface area contributed by atoms with Crippen LogP contribution in [0.15, 0.2) is 24.3 Å². The van der Waals surface area contributed by atoms with Crippen molar-refractivity contribution in [3.63, 3.8) is 0 Å². The number of benzene rings is 1. The molecule has 2 rings (SSSR count). The van der Waals surface area contributed by atoms with Crippen LogP contribution >= 0.6 is 0 Å². The topological polar surface area (TPSA) is 38.3 Å². The van der Waals surface area contributed by atoms with E-state index in [-0.39, 0.29) is 5.78 Å². The number of hydrogen-bond donors (Lipinski definition) is 1. The molecule has 3 heteroatoms. The van der Waals surface area contributed by atoms with Crippen LogP contribution in [0.25, 0.3) is 0 Å². The Hall–Kier alpha value is -1.19. The summed E-state index contributed by atoms with van der Waals surface area (Å²) in [5.41, 5.74) is 1.33. The fraction of sp³-hybridized carbons (Fsp3) is 0.500. The van der Waals surface area contributed by atoms with E-state index in [1.54, 1.807) is 0 Å². The zero-order chi connectivity index (χ0) is 12.3. The van der Waals surface area contributed by atoms with E-state index >= 15 is 0 Å². The fourth-order valence-electron chi connectivity index (χ4n) is 2.43. The van der Waals surface area contributed by atoms with Crippen molar-refractivity contribution in [2.75, 3.05) is 19.7 Å². The largest absolute Gasteiger partial charge is 0.360 e. The van der Waals surface area contributed by atoms with Gasteiger partial charge in [-0.25, -0.2) is 0 Å². The number of ether oxygens (including phenoxy) is 1. The van der Waals surface area contributed by atoms with Gasteiger partial charge < -0.3 is 10.1 Å². The van der Waals surface area contributed by atoms with Crippen molar-refractivity contribution in [3.8, 4) is 0 Å². The molecule has 0 spiro atoms. The average Bonchev–Trinajstić information content (AvgIpc) is 2.39. The number of morpholine rings is 1. The van der Waals surface area contributed by atoms with Crippen LogP contribution in [0.1, 0.15) is 24.5 Å². The van der Waals surface area contributed by atoms with E-state index in [2.05, 4.69) is 5.32 Å². The van der Waals surface area contributed by atoms with Crippen LogP contribution in [0.5, 0.6) is 0 Å². The van der Waals surface area contributed by atoms with E-state index in [9.17, 15) is 4.79 Å². The van der Waals surface area contributed by atoms with E-state index in [1.165, 1.54) is 0 Å². The van der Waals surface area contributed by atoms with Crippen molar-refractivity contribution < 1.29 is 9.53 Å². The second kappa shape index (κ2) is 4.98. The molecule has 1 fully saturated rings. The predicted octanol–water partition coefficient (Wildman–Crippen LogP) is 1.79. The summed E-state index contributed by atoms with van der Waals surface area (Å²) in [5.74, 6) is 0.152. The van der Waals surface area contributed by atoms with Crippen LogP contribution < -0.4 is 5.32 Å². The minimum Gasteiger partial charge on any atom is -0.360 e. The van der Waals surface area contributed by atoms with Crippen LogP contribution in [-0.4, -0.2) is 25.5 Å². The lowest BCUT2D eigenvalue weighted by Crippen LogP contribution is -2.52. The molecule has 1 unspecified atom stereocenters. The summed E-state index contributed by atoms with van der Waals surface area (Å²) in [6.07, 6.45) is 0.496. The Bertz CT molecular complexity index is 408. The number of carbonyl (C=O) groups excluding carboxylic acids is 1. The molecule has 1 N–H and O–H groups in total. The third-order valence-corrected chi connectivity index (χ3v) is 3.35. The standard InChI is InChI=1S/C14H19NO2/c1-3-13(16)14(10-15-8-9-17-14)12-7-5-4-6-11(12)2/h4-7,15H,3,8-10H2,1-2H3. The Kier molecular flexibility index (Phi) is 3.60. The normalized spacial score (nSPS) is 24.6. The zero-order valence-corrected chi connectivity index (χ0v) is 10.5. The van der Waals surface area contributed by atoms with Crippen molar-refractivity contribution in [3.05, 3.63) is 35.4 Å². The van der Waals surface area contributed by atoms with Gasteiger partial charge in [-0.15, -0.1) is 0 Å². The highest BCUT2D eigenvalue weighted by atomic mass is 16.5. The van der Waals surface area contributed by atoms with Crippen molar-refractivity contribution in [1.82, 2.24) is 5.32 Å². The summed E-state index contributed by atoms with van der Waals surface area (Å²) >= 11 is 0. The minimum atomic E-state index is -0.779. The SMILES string of the molecule is CCC(=O)C1(c2ccccc2C)CNCCO1. The first-order chi connectivity index (χ1) is 8.20. The predicted molar refractivity (Wildman–Crippen MR) is 67.0 cm³/mol. The molecule has 0 aliphatic carbocycles. The highest BCUT2D eigenvalue weighted by molar-refractivity contribution is 5.89. The lowest BCUT2D eigenvalue weighted by Gasteiger charge is -2.37. The number of nitrogens with one attached hydrogen (secondary N) is 1. The van der Waals surface area contributed by atoms with E-state index in [0.717, 1.165) is 17.7 Å². The molecule has 1 aromatic carbocycles. The van der Waals surface area contributed by atoms with Crippen LogP contribution in [0.2, 0.25) is 0 Å². The van der Waals surface area contributed by atoms with Gasteiger partial charge in [0.05, 0.1) is 6.61 Å². The zero-order valence-electron chi connectivity index (χ0n) is 10.5. The van der Waals surface area contributed by atoms with Gasteiger partial charge >= 0.3 is 0 Å². The second-order valence-corrected chi connectivity index (χ2v) is 4.44. The highest BCUT2D eigenvalue weighted by Gasteiger charge is 2.42. The monoisotopic (exact) mass is 233 g/mol. The Morgan fingerprint density at radius 3 is 2.82 bits per heavy atom. The van der Waals surface area contributed by atoms with E-state index in [4.69, 9.17) is 4.74 Å². The maximum absolute atomic E-state index is 12.3. The first-order valence-corrected chi connectivity index (χ1v) is 6.15. The number of hydrogen-bond acceptors (Lipinski definition) is 3. The van der Waals surface area contributed by atoms with E-state index in [0.29, 0.717) is 19.6 Å². The van der Waals surface area contributed by atoms with Crippen LogP contribution in [-0.2, 0) is 15.1 Å². The maximum atomic E-state index is 12.3. The third kappa shape index (κ3) is 2.13. The molecule has 17 heavy (non-hydrogen) atoms. The van der Waals surface area contributed by atoms with Crippen LogP contribution in [0.4, 0.5) is 0 Å². The lowest BCUT2D eigenvalue weighted by molar-refractivity contribution is -0.150. The van der Waals surface area contributed by atoms with Gasteiger partial charge in [0.1, 0.15) is 0 Å². The Labute approximate surface area is 102 Å². The Morgan fingerprint density at radius 2 is 2.24 bits per heavy atom. The molecule has 92 valence electrons. The molecule has 1 aromatic rings. The lowest BCUT2D eigenvalue weighted by atomic mass is 9.84. The molecule has 1 saturated heterocycles. The van der Waals surface area contributed by atoms with Gasteiger partial charge in [-0.3, -0.25) is 4.79 Å². The maximum Gasteiger partial charge on any atom is 0.170 e. The molecule has 0 bridgehead atoms. The van der Waals surface area contributed by atoms with Crippen molar-refractivity contribution in [2.24, 2.45) is 0 Å². The van der Waals surface area contributed by atoms with Gasteiger partial charge in [0.25, 0.3) is 0 Å². The van der Waals surface area contributed by atoms with Gasteiger partial charge in [-0.1, -0.05) is 31.2 Å². The fourth-order valence-corrected chi connectivity index (χ4v) is 2.43. The average molecular weight is 233 g/mol. The van der Waals surface area contributed by atoms with Gasteiger partial charge in [0.15, 0.2) is 11.4 Å². The Morgan fingerprint density at radius 1 is 1.47 bits per heavy atom. The highest BCUT2D eigenvalue weighted by Crippen LogP contribution is 2.31. The number of aryl methyl sites for hydroxylation is 1. The summed E-state index contributed by atoms with van der Waals surface area (Å²) in [6, 6.07) is 7.97. The van der Waals surface area contributed by atoms with E-state index < -0.39 is 5.60 Å². The molecule has 0 aromatic heterocycles. The first-order valence-electron chi connectivity index (χ1n) is 6.15. The molecular weight excluding hydrogens is 214 g/mol. The first kappa shape index (κ1) is 12.3. The van der Waals surface area contributed by atoms with Gasteiger partial charge in [0.2, 0.25) is 0 Å². The number of carbonyl (C=O) groups is 1. The minimum absolute atomic E-state index is 0.152. The Balaban J connectivity index is 2.46. The van der Waals surface area contributed by atoms with Crippen molar-refractivity contribution in [2.45, 2.75) is 25.9 Å². The summed E-state index contributed by atoms with van der Waals surface area (Å²) in [4.78, 5) is 12.3. The molecule has 1 aliphatic heterocycles. The molecule has 0 radical (unpaired) electrons. The molecule has 0 saturated carbocycles. The molecule has 1 atom stereocenters. The molecule has 1 aliphatic rings.